The normalized spacial score (nSPS) is 19.5. The molecule has 1 saturated heterocycles. The third kappa shape index (κ3) is 10.3. The molecule has 1 unspecified atom stereocenters. The highest BCUT2D eigenvalue weighted by Crippen LogP contribution is 2.23. The van der Waals surface area contributed by atoms with Crippen molar-refractivity contribution in [3.63, 3.8) is 0 Å². The van der Waals surface area contributed by atoms with E-state index < -0.39 is 63.6 Å². The van der Waals surface area contributed by atoms with Gasteiger partial charge >= 0.3 is 6.09 Å². The van der Waals surface area contributed by atoms with E-state index in [-0.39, 0.29) is 24.5 Å². The van der Waals surface area contributed by atoms with Crippen molar-refractivity contribution in [2.24, 2.45) is 11.8 Å². The van der Waals surface area contributed by atoms with Gasteiger partial charge < -0.3 is 35.1 Å². The first-order valence-electron chi connectivity index (χ1n) is 13.0. The lowest BCUT2D eigenvalue weighted by molar-refractivity contribution is -0.126. The van der Waals surface area contributed by atoms with Crippen LogP contribution < -0.4 is 20.7 Å². The molecule has 1 aromatic rings. The van der Waals surface area contributed by atoms with Crippen LogP contribution in [0.2, 0.25) is 5.02 Å². The maximum atomic E-state index is 13.1. The highest BCUT2D eigenvalue weighted by atomic mass is 35.5. The van der Waals surface area contributed by atoms with Gasteiger partial charge in [-0.3, -0.25) is 9.59 Å². The minimum Gasteiger partial charge on any atom is -0.746 e. The molecule has 38 heavy (non-hydrogen) atoms. The second-order valence-corrected chi connectivity index (χ2v) is 11.8. The molecule has 0 radical (unpaired) electrons. The van der Waals surface area contributed by atoms with E-state index >= 15 is 0 Å². The fourth-order valence-electron chi connectivity index (χ4n) is 3.80. The van der Waals surface area contributed by atoms with Crippen LogP contribution in [-0.2, 0) is 24.4 Å². The maximum Gasteiger partial charge on any atom is 0.407 e. The van der Waals surface area contributed by atoms with Crippen molar-refractivity contribution in [2.75, 3.05) is 13.1 Å². The molecular formula is C24H35ClN3O9S-. The smallest absolute Gasteiger partial charge is 0.407 e. The minimum absolute atomic E-state index is 0.00317. The van der Waals surface area contributed by atoms with Crippen LogP contribution in [0.1, 0.15) is 49.7 Å². The SMILES string of the molecule is [2H]C([2H])(OC(=O)N[C@@H](CC(C)C)C(=O)N[C@@H](C[C@@H]1CCNC1=O)C(O)S(=O)(=O)[O-])C(C)(C)Oc1cccc(Cl)c1. The van der Waals surface area contributed by atoms with Crippen LogP contribution in [0.25, 0.3) is 0 Å². The summed E-state index contributed by atoms with van der Waals surface area (Å²) in [5.74, 6) is -2.11. The van der Waals surface area contributed by atoms with Crippen LogP contribution in [-0.4, -0.2) is 72.2 Å². The number of carbonyl (C=O) groups is 3. The second kappa shape index (κ2) is 13.5. The standard InChI is InChI=1S/C24H36ClN3O9S/c1-14(2)10-18(28-23(32)36-13-24(3,4)37-17-7-5-6-16(25)12-17)21(30)27-19(22(31)38(33,34)35)11-15-8-9-26-20(15)29/h5-7,12,14-15,18-19,22,31H,8-11,13H2,1-4H3,(H,26,29)(H,27,30)(H,28,32)(H,33,34,35)/p-1/t15-,18-,19-,22?/m0/s1/i13D2. The summed E-state index contributed by atoms with van der Waals surface area (Å²) in [4.78, 5) is 37.8. The van der Waals surface area contributed by atoms with Gasteiger partial charge in [0, 0.05) is 17.5 Å². The fourth-order valence-corrected chi connectivity index (χ4v) is 4.56. The van der Waals surface area contributed by atoms with Crippen LogP contribution in [0.4, 0.5) is 4.79 Å². The summed E-state index contributed by atoms with van der Waals surface area (Å²) >= 11 is 5.94. The summed E-state index contributed by atoms with van der Waals surface area (Å²) < 4.78 is 61.8. The largest absolute Gasteiger partial charge is 0.746 e. The van der Waals surface area contributed by atoms with Crippen LogP contribution >= 0.6 is 11.6 Å². The van der Waals surface area contributed by atoms with Crippen molar-refractivity contribution in [1.29, 1.82) is 0 Å². The number of nitrogens with one attached hydrogen (secondary N) is 3. The molecule has 0 saturated carbocycles. The topological polar surface area (TPSA) is 183 Å². The van der Waals surface area contributed by atoms with E-state index in [4.69, 9.17) is 23.8 Å². The van der Waals surface area contributed by atoms with Crippen LogP contribution in [0, 0.1) is 11.8 Å². The van der Waals surface area contributed by atoms with Gasteiger partial charge in [-0.15, -0.1) is 0 Å². The third-order valence-electron chi connectivity index (χ3n) is 5.54. The first kappa shape index (κ1) is 28.4. The number of halogens is 1. The second-order valence-electron chi connectivity index (χ2n) is 9.90. The molecule has 0 spiro atoms. The van der Waals surface area contributed by atoms with Gasteiger partial charge in [0.2, 0.25) is 11.8 Å². The van der Waals surface area contributed by atoms with E-state index in [1.54, 1.807) is 26.0 Å². The van der Waals surface area contributed by atoms with Crippen molar-refractivity contribution < 1.29 is 44.7 Å². The minimum atomic E-state index is -5.27. The van der Waals surface area contributed by atoms with Crippen molar-refractivity contribution >= 4 is 39.6 Å². The van der Waals surface area contributed by atoms with Crippen LogP contribution in [0.3, 0.4) is 0 Å². The monoisotopic (exact) mass is 578 g/mol. The number of hydrogen-bond donors (Lipinski definition) is 4. The lowest BCUT2D eigenvalue weighted by atomic mass is 9.97. The van der Waals surface area contributed by atoms with E-state index in [0.717, 1.165) is 0 Å². The molecular weight excluding hydrogens is 542 g/mol. The Kier molecular flexibility index (Phi) is 10.1. The number of amides is 3. The molecule has 214 valence electrons. The van der Waals surface area contributed by atoms with Gasteiger partial charge in [0.25, 0.3) is 0 Å². The van der Waals surface area contributed by atoms with Crippen molar-refractivity contribution in [2.45, 2.75) is 70.1 Å². The molecule has 4 N–H and O–H groups in total. The summed E-state index contributed by atoms with van der Waals surface area (Å²) in [6.07, 6.45) is -1.35. The number of alkyl carbamates (subject to hydrolysis) is 1. The van der Waals surface area contributed by atoms with Gasteiger partial charge in [-0.2, -0.15) is 0 Å². The van der Waals surface area contributed by atoms with E-state index in [9.17, 15) is 32.5 Å². The zero-order valence-electron chi connectivity index (χ0n) is 23.5. The Bertz CT molecular complexity index is 1180. The Hall–Kier alpha value is -2.61. The number of aliphatic hydroxyl groups excluding tert-OH is 1. The molecule has 1 aromatic carbocycles. The quantitative estimate of drug-likeness (QED) is 0.252. The maximum absolute atomic E-state index is 13.1. The molecule has 0 aliphatic carbocycles. The molecule has 0 bridgehead atoms. The van der Waals surface area contributed by atoms with E-state index in [1.165, 1.54) is 26.0 Å². The van der Waals surface area contributed by atoms with Gasteiger partial charge in [-0.25, -0.2) is 13.2 Å². The third-order valence-corrected chi connectivity index (χ3v) is 6.70. The molecule has 0 aromatic heterocycles. The first-order valence-corrected chi connectivity index (χ1v) is 13.8. The predicted molar refractivity (Wildman–Crippen MR) is 137 cm³/mol. The van der Waals surface area contributed by atoms with E-state index in [0.29, 0.717) is 18.0 Å². The number of ether oxygens (including phenoxy) is 2. The summed E-state index contributed by atoms with van der Waals surface area (Å²) in [5, 5.41) is 17.5. The Morgan fingerprint density at radius 3 is 2.58 bits per heavy atom. The highest BCUT2D eigenvalue weighted by molar-refractivity contribution is 7.86. The lowest BCUT2D eigenvalue weighted by Gasteiger charge is -2.30. The molecule has 12 nitrogen and oxygen atoms in total. The van der Waals surface area contributed by atoms with Crippen molar-refractivity contribution in [3.05, 3.63) is 29.3 Å². The number of benzene rings is 1. The van der Waals surface area contributed by atoms with E-state index in [2.05, 4.69) is 16.0 Å². The zero-order valence-corrected chi connectivity index (χ0v) is 23.1. The Balaban J connectivity index is 2.17. The number of hydrogen-bond acceptors (Lipinski definition) is 9. The summed E-state index contributed by atoms with van der Waals surface area (Å²) in [5.41, 5.74) is -4.26. The van der Waals surface area contributed by atoms with Gasteiger partial charge in [0.1, 0.15) is 34.1 Å². The molecule has 14 heteroatoms. The van der Waals surface area contributed by atoms with Gasteiger partial charge in [-0.1, -0.05) is 31.5 Å². The number of carbonyl (C=O) groups excluding carboxylic acids is 3. The zero-order chi connectivity index (χ0) is 30.5. The van der Waals surface area contributed by atoms with Gasteiger partial charge in [-0.05, 0) is 57.2 Å². The Morgan fingerprint density at radius 2 is 2.03 bits per heavy atom. The summed E-state index contributed by atoms with van der Waals surface area (Å²) in [7, 11) is -5.27. The van der Waals surface area contributed by atoms with Crippen molar-refractivity contribution in [1.82, 2.24) is 16.0 Å². The Labute approximate surface area is 230 Å². The first-order chi connectivity index (χ1) is 18.3. The van der Waals surface area contributed by atoms with Crippen LogP contribution in [0.5, 0.6) is 5.75 Å². The lowest BCUT2D eigenvalue weighted by Crippen LogP contribution is -2.55. The number of rotatable bonds is 13. The van der Waals surface area contributed by atoms with E-state index in [1.807, 2.05) is 0 Å². The molecule has 4 atom stereocenters. The molecule has 1 aliphatic rings. The highest BCUT2D eigenvalue weighted by Gasteiger charge is 2.35. The number of aliphatic hydroxyl groups is 1. The fraction of sp³-hybridized carbons (Fsp3) is 0.625. The summed E-state index contributed by atoms with van der Waals surface area (Å²) in [6.45, 7) is 3.73. The molecule has 3 amide bonds. The van der Waals surface area contributed by atoms with Gasteiger partial charge in [0.15, 0.2) is 5.44 Å². The molecule has 1 aliphatic heterocycles. The average Bonchev–Trinajstić information content (AvgIpc) is 3.20. The summed E-state index contributed by atoms with van der Waals surface area (Å²) in [6, 6.07) is 3.15. The molecule has 1 heterocycles. The predicted octanol–water partition coefficient (Wildman–Crippen LogP) is 1.51. The van der Waals surface area contributed by atoms with Crippen molar-refractivity contribution in [3.8, 4) is 5.75 Å². The Morgan fingerprint density at radius 1 is 1.34 bits per heavy atom. The molecule has 2 rings (SSSR count). The average molecular weight is 579 g/mol. The van der Waals surface area contributed by atoms with Gasteiger partial charge in [0.05, 0.1) is 8.78 Å². The molecule has 1 fully saturated rings. The van der Waals surface area contributed by atoms with Crippen LogP contribution in [0.15, 0.2) is 24.3 Å².